The summed E-state index contributed by atoms with van der Waals surface area (Å²) < 4.78 is 3.79. The zero-order chi connectivity index (χ0) is 20.5. The summed E-state index contributed by atoms with van der Waals surface area (Å²) in [5.41, 5.74) is 3.08. The first-order chi connectivity index (χ1) is 14.0. The predicted molar refractivity (Wildman–Crippen MR) is 114 cm³/mol. The summed E-state index contributed by atoms with van der Waals surface area (Å²) in [5, 5.41) is 19.1. The maximum absolute atomic E-state index is 12.8. The van der Waals surface area contributed by atoms with E-state index in [0.717, 1.165) is 15.1 Å². The van der Waals surface area contributed by atoms with E-state index in [1.165, 1.54) is 9.77 Å². The maximum atomic E-state index is 12.8. The monoisotopic (exact) mass is 634 g/mol. The molecule has 8 nitrogen and oxygen atoms in total. The molecule has 0 unspecified atom stereocenters. The number of aromatic nitrogens is 6. The summed E-state index contributed by atoms with van der Waals surface area (Å²) in [5.74, 6) is -0.304. The van der Waals surface area contributed by atoms with E-state index in [4.69, 9.17) is 11.6 Å². The normalized spacial score (nSPS) is 11.3. The van der Waals surface area contributed by atoms with Gasteiger partial charge in [-0.1, -0.05) is 0 Å². The Kier molecular flexibility index (Phi) is 6.01. The van der Waals surface area contributed by atoms with E-state index < -0.39 is 0 Å². The van der Waals surface area contributed by atoms with Gasteiger partial charge in [-0.05, 0) is 22.6 Å². The van der Waals surface area contributed by atoms with E-state index in [1.54, 1.807) is 4.68 Å². The number of hydrogen-bond acceptors (Lipinski definition) is 5. The molecule has 4 rings (SSSR count). The van der Waals surface area contributed by atoms with Gasteiger partial charge in [0.2, 0.25) is 0 Å². The van der Waals surface area contributed by atoms with Crippen molar-refractivity contribution in [3.63, 3.8) is 0 Å². The van der Waals surface area contributed by atoms with Gasteiger partial charge in [0.05, 0.1) is 0 Å². The SMILES string of the molecule is C[I-]c1ccc(NC(=O)c2cnc3c(c(C)nn3Cc3n[nH]nc3I)c2Cl)cc1. The van der Waals surface area contributed by atoms with Gasteiger partial charge in [0.15, 0.2) is 0 Å². The molecule has 3 heterocycles. The summed E-state index contributed by atoms with van der Waals surface area (Å²) in [4.78, 5) is 19.4. The van der Waals surface area contributed by atoms with Gasteiger partial charge in [0, 0.05) is 0 Å². The molecule has 0 radical (unpaired) electrons. The van der Waals surface area contributed by atoms with Crippen LogP contribution in [-0.4, -0.2) is 41.0 Å². The summed E-state index contributed by atoms with van der Waals surface area (Å²) in [7, 11) is 0. The number of anilines is 1. The van der Waals surface area contributed by atoms with Gasteiger partial charge in [0.1, 0.15) is 9.39 Å². The van der Waals surface area contributed by atoms with Crippen LogP contribution in [0.25, 0.3) is 11.0 Å². The van der Waals surface area contributed by atoms with Gasteiger partial charge < -0.3 is 0 Å². The fourth-order valence-electron chi connectivity index (χ4n) is 2.88. The van der Waals surface area contributed by atoms with Crippen molar-refractivity contribution in [3.05, 3.63) is 59.7 Å². The molecule has 1 amide bonds. The van der Waals surface area contributed by atoms with Crippen molar-refractivity contribution in [2.45, 2.75) is 13.5 Å². The van der Waals surface area contributed by atoms with Crippen LogP contribution in [0.2, 0.25) is 5.02 Å². The zero-order valence-corrected chi connectivity index (χ0v) is 20.4. The molecule has 11 heteroatoms. The van der Waals surface area contributed by atoms with Crippen LogP contribution in [-0.2, 0) is 6.54 Å². The third-order valence-electron chi connectivity index (χ3n) is 4.31. The molecule has 0 saturated heterocycles. The second kappa shape index (κ2) is 8.52. The number of carbonyl (C=O) groups is 1. The minimum absolute atomic E-state index is 0.0220. The Bertz CT molecular complexity index is 1200. The number of amides is 1. The molecule has 3 aromatic heterocycles. The van der Waals surface area contributed by atoms with Crippen molar-refractivity contribution in [1.29, 1.82) is 0 Å². The molecule has 0 spiro atoms. The molecule has 0 aliphatic rings. The molecular weight excluding hydrogens is 620 g/mol. The van der Waals surface area contributed by atoms with Crippen molar-refractivity contribution in [3.8, 4) is 0 Å². The molecule has 0 aliphatic heterocycles. The molecule has 29 heavy (non-hydrogen) atoms. The van der Waals surface area contributed by atoms with Crippen molar-refractivity contribution in [2.75, 3.05) is 10.2 Å². The minimum atomic E-state index is -0.304. The molecule has 0 atom stereocenters. The van der Waals surface area contributed by atoms with Crippen LogP contribution in [0.4, 0.5) is 5.69 Å². The molecular formula is C18H15ClI2N7O-. The second-order valence-electron chi connectivity index (χ2n) is 6.14. The first-order valence-corrected chi connectivity index (χ1v) is 13.1. The number of hydrogen-bond donors (Lipinski definition) is 2. The van der Waals surface area contributed by atoms with Crippen LogP contribution in [0.3, 0.4) is 0 Å². The number of halogens is 3. The number of benzene rings is 1. The van der Waals surface area contributed by atoms with Gasteiger partial charge in [-0.2, -0.15) is 10.3 Å². The van der Waals surface area contributed by atoms with Crippen molar-refractivity contribution >= 4 is 56.8 Å². The number of H-pyrrole nitrogens is 1. The van der Waals surface area contributed by atoms with E-state index in [2.05, 4.69) is 58.3 Å². The number of aromatic amines is 1. The number of carbonyl (C=O) groups excluding carboxylic acids is 1. The fourth-order valence-corrected chi connectivity index (χ4v) is 4.72. The molecule has 0 saturated carbocycles. The number of alkyl halides is 1. The van der Waals surface area contributed by atoms with Gasteiger partial charge in [0.25, 0.3) is 0 Å². The third kappa shape index (κ3) is 4.10. The number of fused-ring (bicyclic) bond motifs is 1. The van der Waals surface area contributed by atoms with Crippen molar-refractivity contribution in [2.24, 2.45) is 0 Å². The van der Waals surface area contributed by atoms with Gasteiger partial charge >= 0.3 is 149 Å². The van der Waals surface area contributed by atoms with E-state index in [1.807, 2.05) is 31.2 Å². The quantitative estimate of drug-likeness (QED) is 0.243. The summed E-state index contributed by atoms with van der Waals surface area (Å²) in [6.07, 6.45) is 1.48. The van der Waals surface area contributed by atoms with Crippen molar-refractivity contribution < 1.29 is 26.0 Å². The van der Waals surface area contributed by atoms with Crippen LogP contribution in [0, 0.1) is 14.2 Å². The van der Waals surface area contributed by atoms with Crippen LogP contribution < -0.4 is 26.5 Å². The molecule has 2 N–H and O–H groups in total. The van der Waals surface area contributed by atoms with E-state index in [0.29, 0.717) is 33.9 Å². The number of rotatable bonds is 5. The van der Waals surface area contributed by atoms with Gasteiger partial charge in [-0.15, -0.1) is 5.10 Å². The molecule has 0 fully saturated rings. The van der Waals surface area contributed by atoms with Gasteiger partial charge in [-0.25, -0.2) is 0 Å². The molecule has 4 aromatic rings. The zero-order valence-electron chi connectivity index (χ0n) is 15.4. The standard InChI is InChI=1S/C18H15ClI2N7O/c1-9-14-15(19)12(18(29)23-11-5-3-10(21-2)4-6-11)7-22-17(14)28(26-9)8-13-16(20)25-27-24-13/h3-7H,8H2,1-2H3,(H,23,29)(H,24,25,27)/q-1. The fraction of sp³-hybridized carbons (Fsp3) is 0.167. The first-order valence-electron chi connectivity index (χ1n) is 8.45. The average molecular weight is 635 g/mol. The molecule has 0 bridgehead atoms. The van der Waals surface area contributed by atoms with E-state index >= 15 is 0 Å². The average Bonchev–Trinajstić information content (AvgIpc) is 3.26. The third-order valence-corrected chi connectivity index (χ3v) is 7.53. The Morgan fingerprint density at radius 3 is 2.72 bits per heavy atom. The number of nitrogens with zero attached hydrogens (tertiary/aromatic N) is 5. The Morgan fingerprint density at radius 2 is 2.07 bits per heavy atom. The van der Waals surface area contributed by atoms with Crippen LogP contribution in [0.1, 0.15) is 21.7 Å². The molecule has 0 aliphatic carbocycles. The van der Waals surface area contributed by atoms with Crippen molar-refractivity contribution in [1.82, 2.24) is 30.2 Å². The summed E-state index contributed by atoms with van der Waals surface area (Å²) in [6.45, 7) is 2.24. The number of aryl methyl sites for hydroxylation is 1. The Morgan fingerprint density at radius 1 is 1.31 bits per heavy atom. The summed E-state index contributed by atoms with van der Waals surface area (Å²) in [6, 6.07) is 7.87. The number of nitrogens with one attached hydrogen (secondary N) is 2. The topological polar surface area (TPSA) is 101 Å². The second-order valence-corrected chi connectivity index (χ2v) is 9.86. The Hall–Kier alpha value is -1.80. The van der Waals surface area contributed by atoms with Crippen LogP contribution in [0.5, 0.6) is 0 Å². The van der Waals surface area contributed by atoms with Gasteiger partial charge in [-0.3, -0.25) is 0 Å². The van der Waals surface area contributed by atoms with Crippen LogP contribution >= 0.6 is 34.2 Å². The molecule has 150 valence electrons. The predicted octanol–water partition coefficient (Wildman–Crippen LogP) is 0.305. The van der Waals surface area contributed by atoms with E-state index in [-0.39, 0.29) is 27.1 Å². The summed E-state index contributed by atoms with van der Waals surface area (Å²) >= 11 is 8.72. The Balaban J connectivity index is 1.65. The van der Waals surface area contributed by atoms with Crippen LogP contribution in [0.15, 0.2) is 30.5 Å². The number of pyridine rings is 1. The Labute approximate surface area is 195 Å². The van der Waals surface area contributed by atoms with E-state index in [9.17, 15) is 4.79 Å². The molecule has 1 aromatic carbocycles. The first kappa shape index (κ1) is 20.5.